The van der Waals surface area contributed by atoms with E-state index in [0.29, 0.717) is 12.2 Å². The normalized spacial score (nSPS) is 9.96. The quantitative estimate of drug-likeness (QED) is 0.543. The average Bonchev–Trinajstić information content (AvgIpc) is 3.08. The van der Waals surface area contributed by atoms with Gasteiger partial charge < -0.3 is 4.74 Å². The van der Waals surface area contributed by atoms with E-state index in [1.807, 2.05) is 18.2 Å². The molecule has 3 aromatic rings. The molecule has 6 heteroatoms. The van der Waals surface area contributed by atoms with Gasteiger partial charge in [0, 0.05) is 11.5 Å². The number of ether oxygens (including phenoxy) is 1. The molecule has 1 heterocycles. The zero-order valence-electron chi connectivity index (χ0n) is 13.2. The zero-order valence-corrected chi connectivity index (χ0v) is 13.2. The van der Waals surface area contributed by atoms with Crippen LogP contribution < -0.4 is 0 Å². The summed E-state index contributed by atoms with van der Waals surface area (Å²) in [4.78, 5) is 11.6. The smallest absolute Gasteiger partial charge is 0.385 e. The number of hydrogen-bond acceptors (Lipinski definition) is 4. The van der Waals surface area contributed by atoms with Crippen molar-refractivity contribution in [1.29, 1.82) is 0 Å². The second kappa shape index (κ2) is 7.88. The van der Waals surface area contributed by atoms with Crippen LogP contribution in [0.5, 0.6) is 0 Å². The molecular formula is C19H14FN3O2. The van der Waals surface area contributed by atoms with Crippen molar-refractivity contribution < 1.29 is 13.9 Å². The van der Waals surface area contributed by atoms with E-state index in [1.54, 1.807) is 35.1 Å². The molecule has 0 N–H and O–H groups in total. The van der Waals surface area contributed by atoms with Crippen LogP contribution >= 0.6 is 0 Å². The van der Waals surface area contributed by atoms with Gasteiger partial charge in [-0.2, -0.15) is 0 Å². The minimum absolute atomic E-state index is 0.00821. The van der Waals surface area contributed by atoms with Crippen LogP contribution in [0.25, 0.3) is 0 Å². The minimum Gasteiger partial charge on any atom is -0.449 e. The molecule has 0 radical (unpaired) electrons. The molecule has 0 fully saturated rings. The van der Waals surface area contributed by atoms with Gasteiger partial charge in [-0.25, -0.2) is 13.9 Å². The van der Waals surface area contributed by atoms with Crippen LogP contribution in [0.15, 0.2) is 60.8 Å². The fraction of sp³-hybridized carbons (Fsp3) is 0.105. The summed E-state index contributed by atoms with van der Waals surface area (Å²) in [7, 11) is 0. The lowest BCUT2D eigenvalue weighted by Gasteiger charge is -2.00. The Morgan fingerprint density at radius 2 is 1.88 bits per heavy atom. The van der Waals surface area contributed by atoms with Crippen molar-refractivity contribution in [2.45, 2.75) is 13.2 Å². The van der Waals surface area contributed by atoms with Crippen molar-refractivity contribution in [2.24, 2.45) is 0 Å². The summed E-state index contributed by atoms with van der Waals surface area (Å²) in [6, 6.07) is 15.3. The minimum atomic E-state index is -0.628. The summed E-state index contributed by atoms with van der Waals surface area (Å²) < 4.78 is 19.5. The predicted molar refractivity (Wildman–Crippen MR) is 88.6 cm³/mol. The second-order valence-electron chi connectivity index (χ2n) is 5.23. The first-order chi connectivity index (χ1) is 12.2. The molecule has 0 atom stereocenters. The third kappa shape index (κ3) is 5.01. The fourth-order valence-corrected chi connectivity index (χ4v) is 2.08. The molecule has 1 aromatic heterocycles. The van der Waals surface area contributed by atoms with Crippen LogP contribution in [0.3, 0.4) is 0 Å². The molecule has 0 amide bonds. The molecule has 0 unspecified atom stereocenters. The highest BCUT2D eigenvalue weighted by Gasteiger charge is 2.05. The summed E-state index contributed by atoms with van der Waals surface area (Å²) >= 11 is 0. The van der Waals surface area contributed by atoms with E-state index < -0.39 is 5.97 Å². The number of halogens is 1. The lowest BCUT2D eigenvalue weighted by molar-refractivity contribution is -0.138. The van der Waals surface area contributed by atoms with E-state index >= 15 is 0 Å². The number of rotatable bonds is 4. The van der Waals surface area contributed by atoms with Crippen molar-refractivity contribution in [3.05, 3.63) is 83.4 Å². The maximum Gasteiger partial charge on any atom is 0.385 e. The summed E-state index contributed by atoms with van der Waals surface area (Å²) in [6.07, 6.45) is 1.67. The molecule has 0 aliphatic carbocycles. The molecule has 0 bridgehead atoms. The van der Waals surface area contributed by atoms with Crippen molar-refractivity contribution in [3.63, 3.8) is 0 Å². The van der Waals surface area contributed by atoms with E-state index in [4.69, 9.17) is 4.74 Å². The number of nitrogens with zero attached hydrogens (tertiary/aromatic N) is 3. The number of aromatic nitrogens is 3. The SMILES string of the molecule is O=C(C#Cc1ccccc1)OCc1cn(Cc2ccc(F)cc2)nn1. The van der Waals surface area contributed by atoms with Gasteiger partial charge in [0.15, 0.2) is 0 Å². The molecule has 124 valence electrons. The van der Waals surface area contributed by atoms with E-state index in [2.05, 4.69) is 22.2 Å². The summed E-state index contributed by atoms with van der Waals surface area (Å²) in [5.74, 6) is 4.23. The van der Waals surface area contributed by atoms with Gasteiger partial charge in [-0.1, -0.05) is 41.5 Å². The van der Waals surface area contributed by atoms with Crippen LogP contribution in [0.1, 0.15) is 16.8 Å². The predicted octanol–water partition coefficient (Wildman–Crippen LogP) is 2.56. The van der Waals surface area contributed by atoms with Gasteiger partial charge in [0.25, 0.3) is 0 Å². The number of carbonyl (C=O) groups is 1. The number of hydrogen-bond donors (Lipinski definition) is 0. The van der Waals surface area contributed by atoms with Gasteiger partial charge in [-0.3, -0.25) is 0 Å². The lowest BCUT2D eigenvalue weighted by atomic mass is 10.2. The van der Waals surface area contributed by atoms with Crippen LogP contribution in [0.4, 0.5) is 4.39 Å². The number of benzene rings is 2. The lowest BCUT2D eigenvalue weighted by Crippen LogP contribution is -2.02. The largest absolute Gasteiger partial charge is 0.449 e. The molecule has 0 saturated heterocycles. The Balaban J connectivity index is 1.52. The fourth-order valence-electron chi connectivity index (χ4n) is 2.08. The standard InChI is InChI=1S/C19H14FN3O2/c20-17-9-6-16(7-10-17)12-23-13-18(21-22-23)14-25-19(24)11-8-15-4-2-1-3-5-15/h1-7,9-10,13H,12,14H2. The third-order valence-electron chi connectivity index (χ3n) is 3.28. The van der Waals surface area contributed by atoms with Gasteiger partial charge in [0.1, 0.15) is 18.1 Å². The Morgan fingerprint density at radius 1 is 1.12 bits per heavy atom. The number of carbonyl (C=O) groups excluding carboxylic acids is 1. The number of esters is 1. The third-order valence-corrected chi connectivity index (χ3v) is 3.28. The van der Waals surface area contributed by atoms with Gasteiger partial charge in [0.2, 0.25) is 0 Å². The molecule has 0 aliphatic heterocycles. The molecule has 25 heavy (non-hydrogen) atoms. The van der Waals surface area contributed by atoms with E-state index in [9.17, 15) is 9.18 Å². The topological polar surface area (TPSA) is 57.0 Å². The van der Waals surface area contributed by atoms with Crippen molar-refractivity contribution in [3.8, 4) is 11.8 Å². The Hall–Kier alpha value is -3.46. The molecule has 3 rings (SSSR count). The van der Waals surface area contributed by atoms with Gasteiger partial charge >= 0.3 is 5.97 Å². The summed E-state index contributed by atoms with van der Waals surface area (Å²) in [5, 5.41) is 7.88. The van der Waals surface area contributed by atoms with Gasteiger partial charge in [-0.15, -0.1) is 5.10 Å². The van der Waals surface area contributed by atoms with Crippen LogP contribution in [-0.4, -0.2) is 21.0 Å². The highest BCUT2D eigenvalue weighted by Crippen LogP contribution is 2.05. The molecule has 2 aromatic carbocycles. The van der Waals surface area contributed by atoms with Crippen LogP contribution in [0, 0.1) is 17.7 Å². The maximum atomic E-state index is 12.9. The molecule has 0 aliphatic rings. The Morgan fingerprint density at radius 3 is 2.64 bits per heavy atom. The van der Waals surface area contributed by atoms with E-state index in [-0.39, 0.29) is 12.4 Å². The zero-order chi connectivity index (χ0) is 17.5. The first kappa shape index (κ1) is 16.4. The Kier molecular flexibility index (Phi) is 5.17. The molecule has 5 nitrogen and oxygen atoms in total. The van der Waals surface area contributed by atoms with Crippen LogP contribution in [0.2, 0.25) is 0 Å². The molecular weight excluding hydrogens is 321 g/mol. The highest BCUT2D eigenvalue weighted by molar-refractivity contribution is 5.89. The first-order valence-corrected chi connectivity index (χ1v) is 7.56. The average molecular weight is 335 g/mol. The van der Waals surface area contributed by atoms with Crippen molar-refractivity contribution >= 4 is 5.97 Å². The first-order valence-electron chi connectivity index (χ1n) is 7.56. The summed E-state index contributed by atoms with van der Waals surface area (Å²) in [6.45, 7) is 0.445. The maximum absolute atomic E-state index is 12.9. The monoisotopic (exact) mass is 335 g/mol. The summed E-state index contributed by atoms with van der Waals surface area (Å²) in [5.41, 5.74) is 2.14. The van der Waals surface area contributed by atoms with E-state index in [1.165, 1.54) is 12.1 Å². The van der Waals surface area contributed by atoms with Gasteiger partial charge in [-0.05, 0) is 29.8 Å². The molecule has 0 saturated carbocycles. The van der Waals surface area contributed by atoms with Crippen molar-refractivity contribution in [2.75, 3.05) is 0 Å². The second-order valence-corrected chi connectivity index (χ2v) is 5.23. The Bertz CT molecular complexity index is 909. The van der Waals surface area contributed by atoms with E-state index in [0.717, 1.165) is 11.1 Å². The van der Waals surface area contributed by atoms with Crippen molar-refractivity contribution in [1.82, 2.24) is 15.0 Å². The van der Waals surface area contributed by atoms with Crippen LogP contribution in [-0.2, 0) is 22.7 Å². The molecule has 0 spiro atoms. The van der Waals surface area contributed by atoms with Gasteiger partial charge in [0.05, 0.1) is 12.7 Å². The highest BCUT2D eigenvalue weighted by atomic mass is 19.1. The Labute approximate surface area is 144 Å².